The molecule has 1 unspecified atom stereocenters. The minimum Gasteiger partial charge on any atom is -0.451 e. The molecule has 1 N–H and O–H groups in total. The maximum absolute atomic E-state index is 13.8. The van der Waals surface area contributed by atoms with Crippen molar-refractivity contribution in [3.63, 3.8) is 0 Å². The van der Waals surface area contributed by atoms with Crippen LogP contribution in [0.25, 0.3) is 0 Å². The van der Waals surface area contributed by atoms with Gasteiger partial charge < -0.3 is 24.4 Å². The second-order valence-electron chi connectivity index (χ2n) is 9.32. The fourth-order valence-electron chi connectivity index (χ4n) is 4.89. The number of aromatic nitrogens is 1. The largest absolute Gasteiger partial charge is 0.451 e. The third kappa shape index (κ3) is 4.89. The highest BCUT2D eigenvalue weighted by Gasteiger charge is 2.41. The molecule has 3 aromatic rings. The molecule has 10 heteroatoms. The number of pyridine rings is 1. The fourth-order valence-corrected chi connectivity index (χ4v) is 4.89. The SMILES string of the molecule is CC(=O)N1CCCCN2C(=O)c3c(Oc4ccccc4)c(=O)c(C(=O)NCc4ccc(F)cc4)cn3CC12. The van der Waals surface area contributed by atoms with Crippen molar-refractivity contribution in [2.45, 2.75) is 39.0 Å². The van der Waals surface area contributed by atoms with E-state index in [2.05, 4.69) is 5.32 Å². The van der Waals surface area contributed by atoms with E-state index in [4.69, 9.17) is 4.74 Å². The molecule has 0 spiro atoms. The lowest BCUT2D eigenvalue weighted by atomic mass is 10.1. The van der Waals surface area contributed by atoms with Gasteiger partial charge in [0.15, 0.2) is 5.69 Å². The Hall–Kier alpha value is -4.47. The summed E-state index contributed by atoms with van der Waals surface area (Å²) in [6.07, 6.45) is 2.28. The molecular formula is C28H27FN4O5. The van der Waals surface area contributed by atoms with E-state index in [9.17, 15) is 23.6 Å². The maximum Gasteiger partial charge on any atom is 0.276 e. The summed E-state index contributed by atoms with van der Waals surface area (Å²) in [5, 5.41) is 2.69. The molecular weight excluding hydrogens is 491 g/mol. The number of rotatable bonds is 5. The lowest BCUT2D eigenvalue weighted by Crippen LogP contribution is -2.57. The molecule has 1 saturated heterocycles. The molecule has 1 aromatic heterocycles. The predicted molar refractivity (Wildman–Crippen MR) is 136 cm³/mol. The molecule has 0 saturated carbocycles. The van der Waals surface area contributed by atoms with E-state index in [0.717, 1.165) is 12.8 Å². The normalized spacial score (nSPS) is 16.8. The van der Waals surface area contributed by atoms with E-state index in [1.54, 1.807) is 40.1 Å². The summed E-state index contributed by atoms with van der Waals surface area (Å²) in [7, 11) is 0. The first kappa shape index (κ1) is 25.2. The van der Waals surface area contributed by atoms with Crippen LogP contribution in [0.2, 0.25) is 0 Å². The molecule has 38 heavy (non-hydrogen) atoms. The average Bonchev–Trinajstić information content (AvgIpc) is 3.13. The van der Waals surface area contributed by atoms with Crippen molar-refractivity contribution in [3.8, 4) is 11.5 Å². The Bertz CT molecular complexity index is 1440. The molecule has 0 bridgehead atoms. The van der Waals surface area contributed by atoms with Gasteiger partial charge in [0.05, 0.1) is 6.54 Å². The van der Waals surface area contributed by atoms with Crippen LogP contribution < -0.4 is 15.5 Å². The van der Waals surface area contributed by atoms with Gasteiger partial charge in [-0.2, -0.15) is 0 Å². The Labute approximate surface area is 218 Å². The number of amides is 3. The number of carbonyl (C=O) groups excluding carboxylic acids is 3. The van der Waals surface area contributed by atoms with Crippen molar-refractivity contribution < 1.29 is 23.5 Å². The molecule has 1 atom stereocenters. The van der Waals surface area contributed by atoms with Crippen LogP contribution in [0.4, 0.5) is 4.39 Å². The van der Waals surface area contributed by atoms with Gasteiger partial charge in [-0.3, -0.25) is 19.2 Å². The summed E-state index contributed by atoms with van der Waals surface area (Å²) >= 11 is 0. The van der Waals surface area contributed by atoms with E-state index in [-0.39, 0.29) is 36.0 Å². The standard InChI is InChI=1S/C28H27FN4O5/c1-18(34)32-13-5-6-14-33-23(32)17-31-16-22(27(36)30-15-19-9-11-20(29)12-10-19)25(35)26(24(31)28(33)37)38-21-7-3-2-4-8-21/h2-4,7-12,16,23H,5-6,13-15,17H2,1H3,(H,30,36). The molecule has 2 aromatic carbocycles. The van der Waals surface area contributed by atoms with E-state index >= 15 is 0 Å². The zero-order valence-corrected chi connectivity index (χ0v) is 20.9. The van der Waals surface area contributed by atoms with Crippen LogP contribution in [-0.2, 0) is 17.9 Å². The minimum absolute atomic E-state index is 0.0376. The number of ether oxygens (including phenoxy) is 1. The van der Waals surface area contributed by atoms with E-state index in [1.807, 2.05) is 0 Å². The Balaban J connectivity index is 1.56. The van der Waals surface area contributed by atoms with Crippen LogP contribution in [-0.4, -0.2) is 51.3 Å². The fraction of sp³-hybridized carbons (Fsp3) is 0.286. The van der Waals surface area contributed by atoms with Crippen LogP contribution in [0.3, 0.4) is 0 Å². The molecule has 5 rings (SSSR count). The topological polar surface area (TPSA) is 101 Å². The first-order chi connectivity index (χ1) is 18.3. The van der Waals surface area contributed by atoms with E-state index in [0.29, 0.717) is 24.4 Å². The van der Waals surface area contributed by atoms with Crippen LogP contribution >= 0.6 is 0 Å². The third-order valence-electron chi connectivity index (χ3n) is 6.81. The average molecular weight is 519 g/mol. The number of para-hydroxylation sites is 1. The Morgan fingerprint density at radius 1 is 1.03 bits per heavy atom. The molecule has 3 amide bonds. The van der Waals surface area contributed by atoms with Crippen LogP contribution in [0.1, 0.15) is 46.2 Å². The highest BCUT2D eigenvalue weighted by Crippen LogP contribution is 2.30. The number of hydrogen-bond acceptors (Lipinski definition) is 5. The molecule has 9 nitrogen and oxygen atoms in total. The summed E-state index contributed by atoms with van der Waals surface area (Å²) in [5.41, 5.74) is -0.233. The summed E-state index contributed by atoms with van der Waals surface area (Å²) in [4.78, 5) is 56.2. The van der Waals surface area contributed by atoms with Gasteiger partial charge in [-0.1, -0.05) is 30.3 Å². The quantitative estimate of drug-likeness (QED) is 0.559. The lowest BCUT2D eigenvalue weighted by molar-refractivity contribution is -0.134. The van der Waals surface area contributed by atoms with Gasteiger partial charge >= 0.3 is 0 Å². The van der Waals surface area contributed by atoms with Crippen LogP contribution in [0.5, 0.6) is 11.5 Å². The van der Waals surface area contributed by atoms with Gasteiger partial charge in [0.1, 0.15) is 23.3 Å². The van der Waals surface area contributed by atoms with Crippen LogP contribution in [0, 0.1) is 5.82 Å². The number of halogens is 1. The highest BCUT2D eigenvalue weighted by atomic mass is 19.1. The second-order valence-corrected chi connectivity index (χ2v) is 9.32. The van der Waals surface area contributed by atoms with Crippen molar-refractivity contribution in [2.24, 2.45) is 0 Å². The third-order valence-corrected chi connectivity index (χ3v) is 6.81. The molecule has 2 aliphatic heterocycles. The number of fused-ring (bicyclic) bond motifs is 2. The van der Waals surface area contributed by atoms with Gasteiger partial charge in [0.25, 0.3) is 11.8 Å². The minimum atomic E-state index is -0.721. The first-order valence-electron chi connectivity index (χ1n) is 12.4. The number of hydrogen-bond donors (Lipinski definition) is 1. The summed E-state index contributed by atoms with van der Waals surface area (Å²) in [5.74, 6) is -1.55. The highest BCUT2D eigenvalue weighted by molar-refractivity contribution is 5.99. The Morgan fingerprint density at radius 2 is 1.74 bits per heavy atom. The van der Waals surface area contributed by atoms with Crippen molar-refractivity contribution in [1.29, 1.82) is 0 Å². The van der Waals surface area contributed by atoms with Gasteiger partial charge in [-0.05, 0) is 42.7 Å². The van der Waals surface area contributed by atoms with Crippen molar-refractivity contribution in [3.05, 3.63) is 93.7 Å². The lowest BCUT2D eigenvalue weighted by Gasteiger charge is -2.41. The number of carbonyl (C=O) groups is 3. The smallest absolute Gasteiger partial charge is 0.276 e. The van der Waals surface area contributed by atoms with Crippen molar-refractivity contribution in [1.82, 2.24) is 19.7 Å². The number of benzene rings is 2. The van der Waals surface area contributed by atoms with Crippen molar-refractivity contribution in [2.75, 3.05) is 13.1 Å². The zero-order valence-electron chi connectivity index (χ0n) is 20.9. The van der Waals surface area contributed by atoms with E-state index < -0.39 is 29.2 Å². The first-order valence-corrected chi connectivity index (χ1v) is 12.4. The molecule has 196 valence electrons. The molecule has 2 aliphatic rings. The zero-order chi connectivity index (χ0) is 26.8. The molecule has 0 aliphatic carbocycles. The number of nitrogens with zero attached hydrogens (tertiary/aromatic N) is 3. The summed E-state index contributed by atoms with van der Waals surface area (Å²) < 4.78 is 20.7. The summed E-state index contributed by atoms with van der Waals surface area (Å²) in [6, 6.07) is 14.2. The Kier molecular flexibility index (Phi) is 6.95. The van der Waals surface area contributed by atoms with Gasteiger partial charge in [0, 0.05) is 32.8 Å². The summed E-state index contributed by atoms with van der Waals surface area (Å²) in [6.45, 7) is 2.67. The number of nitrogens with one attached hydrogen (secondary N) is 1. The monoisotopic (exact) mass is 518 g/mol. The maximum atomic E-state index is 13.8. The molecule has 1 fully saturated rings. The molecule has 3 heterocycles. The van der Waals surface area contributed by atoms with Crippen molar-refractivity contribution >= 4 is 17.7 Å². The Morgan fingerprint density at radius 3 is 2.45 bits per heavy atom. The predicted octanol–water partition coefficient (Wildman–Crippen LogP) is 3.13. The van der Waals surface area contributed by atoms with Gasteiger partial charge in [-0.25, -0.2) is 4.39 Å². The van der Waals surface area contributed by atoms with Gasteiger partial charge in [-0.15, -0.1) is 0 Å². The van der Waals surface area contributed by atoms with E-state index in [1.165, 1.54) is 42.0 Å². The van der Waals surface area contributed by atoms with Gasteiger partial charge in [0.2, 0.25) is 17.1 Å². The van der Waals surface area contributed by atoms with Crippen LogP contribution in [0.15, 0.2) is 65.6 Å². The molecule has 0 radical (unpaired) electrons. The second kappa shape index (κ2) is 10.5.